The van der Waals surface area contributed by atoms with E-state index < -0.39 is 0 Å². The molecule has 2 fully saturated rings. The molecule has 0 unspecified atom stereocenters. The maximum absolute atomic E-state index is 5.70. The lowest BCUT2D eigenvalue weighted by Crippen LogP contribution is -2.24. The Balaban J connectivity index is 1.43. The van der Waals surface area contributed by atoms with Crippen molar-refractivity contribution in [1.29, 1.82) is 0 Å². The molecule has 0 aromatic heterocycles. The summed E-state index contributed by atoms with van der Waals surface area (Å²) in [5, 5.41) is 0. The first-order chi connectivity index (χ1) is 6.45. The molecule has 2 nitrogen and oxygen atoms in total. The van der Waals surface area contributed by atoms with Gasteiger partial charge in [-0.1, -0.05) is 12.8 Å². The van der Waals surface area contributed by atoms with Crippen molar-refractivity contribution in [3.8, 4) is 0 Å². The third-order valence-electron chi connectivity index (χ3n) is 3.14. The lowest BCUT2D eigenvalue weighted by atomic mass is 9.96. The van der Waals surface area contributed by atoms with Crippen molar-refractivity contribution >= 4 is 0 Å². The largest absolute Gasteiger partial charge is 0.376 e. The fourth-order valence-corrected chi connectivity index (χ4v) is 2.02. The van der Waals surface area contributed by atoms with Gasteiger partial charge in [0.2, 0.25) is 0 Å². The van der Waals surface area contributed by atoms with Crippen LogP contribution < -0.4 is 0 Å². The molecule has 2 saturated carbocycles. The first-order valence-electron chi connectivity index (χ1n) is 5.68. The molecule has 2 rings (SSSR count). The first kappa shape index (κ1) is 9.47. The van der Waals surface area contributed by atoms with E-state index in [1.165, 1.54) is 44.9 Å². The molecule has 0 N–H and O–H groups in total. The summed E-state index contributed by atoms with van der Waals surface area (Å²) >= 11 is 0. The van der Waals surface area contributed by atoms with Gasteiger partial charge in [-0.3, -0.25) is 0 Å². The minimum Gasteiger partial charge on any atom is -0.376 e. The van der Waals surface area contributed by atoms with Gasteiger partial charge in [-0.15, -0.1) is 0 Å². The summed E-state index contributed by atoms with van der Waals surface area (Å²) < 4.78 is 11.3. The number of hydrogen-bond donors (Lipinski definition) is 0. The van der Waals surface area contributed by atoms with E-state index in [4.69, 9.17) is 9.47 Å². The average molecular weight is 184 g/mol. The summed E-state index contributed by atoms with van der Waals surface area (Å²) in [4.78, 5) is 0. The van der Waals surface area contributed by atoms with E-state index in [0.29, 0.717) is 12.2 Å². The summed E-state index contributed by atoms with van der Waals surface area (Å²) in [6.45, 7) is 1.61. The highest BCUT2D eigenvalue weighted by atomic mass is 16.5. The number of rotatable bonds is 5. The van der Waals surface area contributed by atoms with Gasteiger partial charge in [0.1, 0.15) is 0 Å². The number of ether oxygens (including phenoxy) is 2. The summed E-state index contributed by atoms with van der Waals surface area (Å²) in [5.74, 6) is 0. The van der Waals surface area contributed by atoms with Crippen LogP contribution in [-0.4, -0.2) is 25.4 Å². The second-order valence-corrected chi connectivity index (χ2v) is 4.20. The van der Waals surface area contributed by atoms with Gasteiger partial charge in [-0.2, -0.15) is 0 Å². The molecule has 0 radical (unpaired) electrons. The van der Waals surface area contributed by atoms with Crippen molar-refractivity contribution in [2.24, 2.45) is 0 Å². The van der Waals surface area contributed by atoms with Crippen LogP contribution in [0.3, 0.4) is 0 Å². The molecule has 0 heterocycles. The van der Waals surface area contributed by atoms with E-state index in [2.05, 4.69) is 0 Å². The van der Waals surface area contributed by atoms with E-state index in [0.717, 1.165) is 13.2 Å². The Morgan fingerprint density at radius 1 is 0.692 bits per heavy atom. The predicted octanol–water partition coefficient (Wildman–Crippen LogP) is 2.51. The molecule has 0 aromatic carbocycles. The van der Waals surface area contributed by atoms with Gasteiger partial charge in [0, 0.05) is 0 Å². The van der Waals surface area contributed by atoms with Gasteiger partial charge in [-0.25, -0.2) is 0 Å². The maximum atomic E-state index is 5.70. The van der Waals surface area contributed by atoms with Gasteiger partial charge in [0.05, 0.1) is 25.4 Å². The molecule has 0 spiro atoms. The van der Waals surface area contributed by atoms with Crippen LogP contribution in [-0.2, 0) is 9.47 Å². The Labute approximate surface area is 80.6 Å². The van der Waals surface area contributed by atoms with Crippen molar-refractivity contribution in [3.63, 3.8) is 0 Å². The number of hydrogen-bond acceptors (Lipinski definition) is 2. The molecule has 0 aromatic rings. The van der Waals surface area contributed by atoms with Crippen LogP contribution in [0.4, 0.5) is 0 Å². The van der Waals surface area contributed by atoms with E-state index in [-0.39, 0.29) is 0 Å². The monoisotopic (exact) mass is 184 g/mol. The van der Waals surface area contributed by atoms with Crippen LogP contribution in [0, 0.1) is 0 Å². The zero-order chi connectivity index (χ0) is 8.93. The summed E-state index contributed by atoms with van der Waals surface area (Å²) in [6, 6.07) is 0. The van der Waals surface area contributed by atoms with Crippen molar-refractivity contribution in [2.45, 2.75) is 57.2 Å². The van der Waals surface area contributed by atoms with E-state index in [1.54, 1.807) is 0 Å². The van der Waals surface area contributed by atoms with Crippen LogP contribution in [0.15, 0.2) is 0 Å². The fourth-order valence-electron chi connectivity index (χ4n) is 2.02. The third-order valence-corrected chi connectivity index (χ3v) is 3.14. The molecule has 2 aliphatic rings. The van der Waals surface area contributed by atoms with Crippen LogP contribution in [0.25, 0.3) is 0 Å². The molecular weight excluding hydrogens is 164 g/mol. The highest BCUT2D eigenvalue weighted by Gasteiger charge is 2.18. The molecule has 76 valence electrons. The minimum absolute atomic E-state index is 0.546. The van der Waals surface area contributed by atoms with E-state index >= 15 is 0 Å². The van der Waals surface area contributed by atoms with Crippen molar-refractivity contribution in [1.82, 2.24) is 0 Å². The van der Waals surface area contributed by atoms with Crippen molar-refractivity contribution < 1.29 is 9.47 Å². The van der Waals surface area contributed by atoms with Crippen molar-refractivity contribution in [2.75, 3.05) is 13.2 Å². The maximum Gasteiger partial charge on any atom is 0.0704 e. The van der Waals surface area contributed by atoms with Gasteiger partial charge in [0.25, 0.3) is 0 Å². The molecule has 2 heteroatoms. The zero-order valence-corrected chi connectivity index (χ0v) is 8.34. The highest BCUT2D eigenvalue weighted by molar-refractivity contribution is 4.69. The first-order valence-corrected chi connectivity index (χ1v) is 5.68. The second-order valence-electron chi connectivity index (χ2n) is 4.20. The molecular formula is C11H20O2. The fraction of sp³-hybridized carbons (Fsp3) is 1.00. The van der Waals surface area contributed by atoms with Crippen LogP contribution >= 0.6 is 0 Å². The third kappa shape index (κ3) is 2.96. The Hall–Kier alpha value is -0.0800. The smallest absolute Gasteiger partial charge is 0.0704 e. The normalized spacial score (nSPS) is 24.9. The van der Waals surface area contributed by atoms with Crippen LogP contribution in [0.1, 0.15) is 44.9 Å². The molecule has 0 atom stereocenters. The summed E-state index contributed by atoms with van der Waals surface area (Å²) in [7, 11) is 0. The van der Waals surface area contributed by atoms with Gasteiger partial charge in [-0.05, 0) is 32.1 Å². The molecule has 0 bridgehead atoms. The standard InChI is InChI=1S/C11H20O2/c1-2-5-10(4-1)12-8-9-13-11-6-3-7-11/h10-11H,1-9H2. The predicted molar refractivity (Wildman–Crippen MR) is 51.8 cm³/mol. The zero-order valence-electron chi connectivity index (χ0n) is 8.34. The lowest BCUT2D eigenvalue weighted by Gasteiger charge is -2.25. The topological polar surface area (TPSA) is 18.5 Å². The Morgan fingerprint density at radius 2 is 1.15 bits per heavy atom. The van der Waals surface area contributed by atoms with E-state index in [9.17, 15) is 0 Å². The summed E-state index contributed by atoms with van der Waals surface area (Å²) in [5.41, 5.74) is 0. The second kappa shape index (κ2) is 4.97. The van der Waals surface area contributed by atoms with Gasteiger partial charge < -0.3 is 9.47 Å². The molecule has 0 saturated heterocycles. The lowest BCUT2D eigenvalue weighted by molar-refractivity contribution is -0.0443. The quantitative estimate of drug-likeness (QED) is 0.611. The molecule has 13 heavy (non-hydrogen) atoms. The minimum atomic E-state index is 0.546. The Kier molecular flexibility index (Phi) is 3.62. The SMILES string of the molecule is C1CCC(OCCOC2CCC2)C1. The molecule has 2 aliphatic carbocycles. The average Bonchev–Trinajstić information content (AvgIpc) is 2.53. The molecule has 0 amide bonds. The van der Waals surface area contributed by atoms with E-state index in [1.807, 2.05) is 0 Å². The Bertz CT molecular complexity index is 137. The van der Waals surface area contributed by atoms with Gasteiger partial charge in [0.15, 0.2) is 0 Å². The van der Waals surface area contributed by atoms with Crippen LogP contribution in [0.2, 0.25) is 0 Å². The summed E-state index contributed by atoms with van der Waals surface area (Å²) in [6.07, 6.45) is 10.2. The molecule has 0 aliphatic heterocycles. The van der Waals surface area contributed by atoms with Crippen LogP contribution in [0.5, 0.6) is 0 Å². The van der Waals surface area contributed by atoms with Gasteiger partial charge >= 0.3 is 0 Å². The van der Waals surface area contributed by atoms with Crippen molar-refractivity contribution in [3.05, 3.63) is 0 Å². The highest BCUT2D eigenvalue weighted by Crippen LogP contribution is 2.22. The Morgan fingerprint density at radius 3 is 1.54 bits per heavy atom.